The zero-order valence-corrected chi connectivity index (χ0v) is 12.9. The van der Waals surface area contributed by atoms with Crippen LogP contribution in [0.2, 0.25) is 0 Å². The summed E-state index contributed by atoms with van der Waals surface area (Å²) >= 11 is 0. The van der Waals surface area contributed by atoms with Gasteiger partial charge in [0, 0.05) is 29.8 Å². The van der Waals surface area contributed by atoms with Gasteiger partial charge in [-0.05, 0) is 12.1 Å². The molecule has 0 spiro atoms. The predicted octanol–water partition coefficient (Wildman–Crippen LogP) is -1.13. The van der Waals surface area contributed by atoms with Gasteiger partial charge in [0.05, 0.1) is 16.8 Å². The van der Waals surface area contributed by atoms with E-state index >= 15 is 0 Å². The fourth-order valence-electron chi connectivity index (χ4n) is 1.44. The smallest absolute Gasteiger partial charge is 0.269 e. The Morgan fingerprint density at radius 2 is 1.80 bits per heavy atom. The van der Waals surface area contributed by atoms with E-state index in [0.29, 0.717) is 5.69 Å². The minimum atomic E-state index is -0.434. The second kappa shape index (κ2) is 7.53. The summed E-state index contributed by atoms with van der Waals surface area (Å²) in [5.41, 5.74) is 4.54. The van der Waals surface area contributed by atoms with Gasteiger partial charge < -0.3 is 24.0 Å². The lowest BCUT2D eigenvalue weighted by atomic mass is 10.3. The average Bonchev–Trinajstić information content (AvgIpc) is 2.41. The fraction of sp³-hybridized carbons (Fsp3) is 0.0769. The van der Waals surface area contributed by atoms with Crippen LogP contribution in [0.3, 0.4) is 0 Å². The van der Waals surface area contributed by atoms with Crippen molar-refractivity contribution in [2.45, 2.75) is 0 Å². The highest BCUT2D eigenvalue weighted by Crippen LogP contribution is 2.15. The topological polar surface area (TPSA) is 71.4 Å². The van der Waals surface area contributed by atoms with Crippen LogP contribution in [0.25, 0.3) is 0 Å². The highest BCUT2D eigenvalue weighted by molar-refractivity contribution is 5.79. The summed E-state index contributed by atoms with van der Waals surface area (Å²) in [6.07, 6.45) is 5.53. The molecular weight excluding hydrogens is 371 g/mol. The highest BCUT2D eigenvalue weighted by Gasteiger charge is 2.02. The Labute approximate surface area is 133 Å². The number of pyridine rings is 1. The summed E-state index contributed by atoms with van der Waals surface area (Å²) in [6.45, 7) is 0. The van der Waals surface area contributed by atoms with Crippen molar-refractivity contribution in [2.24, 2.45) is 12.1 Å². The Morgan fingerprint density at radius 3 is 2.35 bits per heavy atom. The van der Waals surface area contributed by atoms with Crippen LogP contribution in [-0.2, 0) is 7.05 Å². The number of hydrogen-bond acceptors (Lipinski definition) is 4. The SMILES string of the molecule is C[n+]1ccc(/C=N/Nc2ccc([N+](=O)[O-])cc2)cc1.[I-]. The molecule has 6 nitrogen and oxygen atoms in total. The van der Waals surface area contributed by atoms with Crippen LogP contribution < -0.4 is 34.0 Å². The first-order valence-electron chi connectivity index (χ1n) is 5.64. The molecular formula is C13H13IN4O2. The fourth-order valence-corrected chi connectivity index (χ4v) is 1.44. The number of aryl methyl sites for hydroxylation is 1. The van der Waals surface area contributed by atoms with E-state index in [2.05, 4.69) is 10.5 Å². The summed E-state index contributed by atoms with van der Waals surface area (Å²) in [5.74, 6) is 0. The molecule has 0 bridgehead atoms. The van der Waals surface area contributed by atoms with E-state index in [1.54, 1.807) is 18.3 Å². The molecule has 1 heterocycles. The second-order valence-corrected chi connectivity index (χ2v) is 3.97. The number of nitrogens with one attached hydrogen (secondary N) is 1. The molecule has 0 aliphatic carbocycles. The van der Waals surface area contributed by atoms with Crippen molar-refractivity contribution in [2.75, 3.05) is 5.43 Å². The third-order valence-corrected chi connectivity index (χ3v) is 2.49. The monoisotopic (exact) mass is 384 g/mol. The van der Waals surface area contributed by atoms with E-state index in [1.165, 1.54) is 12.1 Å². The molecule has 0 aliphatic rings. The Hall–Kier alpha value is -2.03. The molecule has 104 valence electrons. The molecule has 2 rings (SSSR count). The quantitative estimate of drug-likeness (QED) is 0.239. The van der Waals surface area contributed by atoms with Gasteiger partial charge in [-0.15, -0.1) is 0 Å². The Kier molecular flexibility index (Phi) is 6.04. The number of anilines is 1. The molecule has 0 radical (unpaired) electrons. The lowest BCUT2D eigenvalue weighted by molar-refractivity contribution is -0.671. The van der Waals surface area contributed by atoms with Crippen LogP contribution >= 0.6 is 0 Å². The molecule has 7 heteroatoms. The van der Waals surface area contributed by atoms with Crippen molar-refractivity contribution in [1.82, 2.24) is 0 Å². The van der Waals surface area contributed by atoms with E-state index < -0.39 is 4.92 Å². The number of aromatic nitrogens is 1. The zero-order valence-electron chi connectivity index (χ0n) is 10.7. The standard InChI is InChI=1S/C13H12N4O2.HI/c1-16-8-6-11(7-9-16)10-14-15-12-2-4-13(5-3-12)17(18)19;/h2-10H,1H3;1H. The average molecular weight is 384 g/mol. The van der Waals surface area contributed by atoms with Crippen LogP contribution in [0.1, 0.15) is 5.56 Å². The summed E-state index contributed by atoms with van der Waals surface area (Å²) in [6, 6.07) is 9.95. The summed E-state index contributed by atoms with van der Waals surface area (Å²) in [5, 5.41) is 14.6. The highest BCUT2D eigenvalue weighted by atomic mass is 127. The first-order valence-corrected chi connectivity index (χ1v) is 5.64. The lowest BCUT2D eigenvalue weighted by Gasteiger charge is -1.99. The number of nitro groups is 1. The lowest BCUT2D eigenvalue weighted by Crippen LogP contribution is -3.00. The molecule has 0 amide bonds. The largest absolute Gasteiger partial charge is 1.00 e. The normalized spacial score (nSPS) is 10.1. The molecule has 1 aromatic heterocycles. The first kappa shape index (κ1) is 16.0. The zero-order chi connectivity index (χ0) is 13.7. The van der Waals surface area contributed by atoms with Crippen molar-refractivity contribution in [3.8, 4) is 0 Å². The Bertz CT molecular complexity index is 597. The van der Waals surface area contributed by atoms with Crippen molar-refractivity contribution < 1.29 is 33.5 Å². The van der Waals surface area contributed by atoms with E-state index in [9.17, 15) is 10.1 Å². The molecule has 1 N–H and O–H groups in total. The first-order chi connectivity index (χ1) is 9.15. The van der Waals surface area contributed by atoms with Crippen molar-refractivity contribution in [3.05, 3.63) is 64.5 Å². The van der Waals surface area contributed by atoms with Gasteiger partial charge in [-0.2, -0.15) is 5.10 Å². The van der Waals surface area contributed by atoms with Crippen LogP contribution in [0, 0.1) is 10.1 Å². The molecule has 0 saturated carbocycles. The number of non-ortho nitro benzene ring substituents is 1. The van der Waals surface area contributed by atoms with Gasteiger partial charge in [-0.3, -0.25) is 15.5 Å². The number of hydrogen-bond donors (Lipinski definition) is 1. The van der Waals surface area contributed by atoms with Crippen LogP contribution in [0.15, 0.2) is 53.9 Å². The van der Waals surface area contributed by atoms with Gasteiger partial charge in [-0.1, -0.05) is 0 Å². The molecule has 20 heavy (non-hydrogen) atoms. The number of nitro benzene ring substituents is 1. The van der Waals surface area contributed by atoms with Gasteiger partial charge in [0.25, 0.3) is 5.69 Å². The summed E-state index contributed by atoms with van der Waals surface area (Å²) in [4.78, 5) is 10.1. The summed E-state index contributed by atoms with van der Waals surface area (Å²) in [7, 11) is 1.94. The minimum Gasteiger partial charge on any atom is -1.00 e. The molecule has 1 aromatic carbocycles. The van der Waals surface area contributed by atoms with Crippen molar-refractivity contribution in [1.29, 1.82) is 0 Å². The molecule has 0 atom stereocenters. The van der Waals surface area contributed by atoms with E-state index in [1.807, 2.05) is 36.1 Å². The maximum atomic E-state index is 10.5. The van der Waals surface area contributed by atoms with Gasteiger partial charge in [0.15, 0.2) is 12.4 Å². The van der Waals surface area contributed by atoms with Gasteiger partial charge in [-0.25, -0.2) is 4.57 Å². The van der Waals surface area contributed by atoms with Gasteiger partial charge in [0.2, 0.25) is 0 Å². The van der Waals surface area contributed by atoms with Crippen LogP contribution in [-0.4, -0.2) is 11.1 Å². The van der Waals surface area contributed by atoms with Crippen LogP contribution in [0.5, 0.6) is 0 Å². The van der Waals surface area contributed by atoms with E-state index in [-0.39, 0.29) is 29.7 Å². The minimum absolute atomic E-state index is 0. The van der Waals surface area contributed by atoms with E-state index in [4.69, 9.17) is 0 Å². The van der Waals surface area contributed by atoms with Gasteiger partial charge in [0.1, 0.15) is 7.05 Å². The van der Waals surface area contributed by atoms with Crippen molar-refractivity contribution in [3.63, 3.8) is 0 Å². The maximum Gasteiger partial charge on any atom is 0.269 e. The number of nitrogens with zero attached hydrogens (tertiary/aromatic N) is 3. The number of benzene rings is 1. The van der Waals surface area contributed by atoms with E-state index in [0.717, 1.165) is 5.56 Å². The predicted molar refractivity (Wildman–Crippen MR) is 71.9 cm³/mol. The third kappa shape index (κ3) is 4.57. The van der Waals surface area contributed by atoms with Crippen LogP contribution in [0.4, 0.5) is 11.4 Å². The van der Waals surface area contributed by atoms with Gasteiger partial charge >= 0.3 is 0 Å². The Morgan fingerprint density at radius 1 is 1.20 bits per heavy atom. The molecule has 0 aliphatic heterocycles. The Balaban J connectivity index is 0.00000200. The van der Waals surface area contributed by atoms with Crippen molar-refractivity contribution >= 4 is 17.6 Å². The number of rotatable bonds is 4. The maximum absolute atomic E-state index is 10.5. The summed E-state index contributed by atoms with van der Waals surface area (Å²) < 4.78 is 1.93. The molecule has 0 saturated heterocycles. The molecule has 0 fully saturated rings. The third-order valence-electron chi connectivity index (χ3n) is 2.49. The second-order valence-electron chi connectivity index (χ2n) is 3.97. The molecule has 0 unspecified atom stereocenters. The number of halogens is 1. The number of hydrazone groups is 1. The molecule has 2 aromatic rings.